The van der Waals surface area contributed by atoms with Gasteiger partial charge in [-0.15, -0.1) is 0 Å². The molecule has 0 N–H and O–H groups in total. The molecule has 184 valence electrons. The maximum absolute atomic E-state index is 13.1. The van der Waals surface area contributed by atoms with Gasteiger partial charge in [0.25, 0.3) is 5.91 Å². The van der Waals surface area contributed by atoms with Gasteiger partial charge in [-0.25, -0.2) is 8.42 Å². The highest BCUT2D eigenvalue weighted by Gasteiger charge is 2.26. The first-order chi connectivity index (χ1) is 15.9. The Morgan fingerprint density at radius 2 is 1.45 bits per heavy atom. The first kappa shape index (κ1) is 25.6. The van der Waals surface area contributed by atoms with Crippen molar-refractivity contribution in [2.24, 2.45) is 0 Å². The zero-order valence-corrected chi connectivity index (χ0v) is 20.9. The van der Waals surface area contributed by atoms with Crippen molar-refractivity contribution >= 4 is 21.8 Å². The second-order valence-corrected chi connectivity index (χ2v) is 10.8. The van der Waals surface area contributed by atoms with E-state index in [9.17, 15) is 18.0 Å². The number of carbonyl (C=O) groups excluding carboxylic acids is 2. The molecule has 3 rings (SSSR count). The van der Waals surface area contributed by atoms with Crippen LogP contribution in [-0.2, 0) is 14.8 Å². The number of benzene rings is 1. The van der Waals surface area contributed by atoms with Crippen LogP contribution in [0.15, 0.2) is 29.2 Å². The average Bonchev–Trinajstić information content (AvgIpc) is 3.23. The summed E-state index contributed by atoms with van der Waals surface area (Å²) >= 11 is 0. The molecule has 2 aliphatic rings. The van der Waals surface area contributed by atoms with Crippen LogP contribution in [0.3, 0.4) is 0 Å². The Bertz CT molecular complexity index is 892. The molecule has 2 aliphatic heterocycles. The van der Waals surface area contributed by atoms with Crippen LogP contribution in [0.4, 0.5) is 0 Å². The molecule has 0 unspecified atom stereocenters. The van der Waals surface area contributed by atoms with Gasteiger partial charge in [0.15, 0.2) is 0 Å². The number of hydrogen-bond acceptors (Lipinski definition) is 5. The fourth-order valence-corrected chi connectivity index (χ4v) is 6.10. The molecule has 1 aromatic rings. The summed E-state index contributed by atoms with van der Waals surface area (Å²) in [5.41, 5.74) is 0.498. The number of carbonyl (C=O) groups is 2. The molecular formula is C24H38N4O4S. The molecule has 2 heterocycles. The summed E-state index contributed by atoms with van der Waals surface area (Å²) in [6.07, 6.45) is 4.72. The first-order valence-electron chi connectivity index (χ1n) is 12.3. The molecule has 0 saturated carbocycles. The van der Waals surface area contributed by atoms with Crippen molar-refractivity contribution in [2.75, 3.05) is 58.9 Å². The molecule has 0 spiro atoms. The summed E-state index contributed by atoms with van der Waals surface area (Å²) in [6.45, 7) is 9.49. The van der Waals surface area contributed by atoms with Crippen LogP contribution in [-0.4, -0.2) is 98.1 Å². The van der Waals surface area contributed by atoms with Gasteiger partial charge in [-0.2, -0.15) is 4.31 Å². The lowest BCUT2D eigenvalue weighted by Crippen LogP contribution is -2.42. The Hall–Kier alpha value is -1.97. The van der Waals surface area contributed by atoms with Crippen molar-refractivity contribution in [3.63, 3.8) is 0 Å². The summed E-state index contributed by atoms with van der Waals surface area (Å²) in [5, 5.41) is 0. The molecule has 0 radical (unpaired) electrons. The van der Waals surface area contributed by atoms with E-state index < -0.39 is 10.0 Å². The average molecular weight is 479 g/mol. The lowest BCUT2D eigenvalue weighted by atomic mass is 10.2. The minimum atomic E-state index is -3.52. The highest BCUT2D eigenvalue weighted by atomic mass is 32.2. The van der Waals surface area contributed by atoms with Crippen LogP contribution in [0.5, 0.6) is 0 Å². The van der Waals surface area contributed by atoms with E-state index in [1.165, 1.54) is 0 Å². The predicted molar refractivity (Wildman–Crippen MR) is 129 cm³/mol. The van der Waals surface area contributed by atoms with Crippen molar-refractivity contribution in [2.45, 2.75) is 50.8 Å². The van der Waals surface area contributed by atoms with E-state index in [1.54, 1.807) is 33.5 Å². The second kappa shape index (κ2) is 11.9. The molecular weight excluding hydrogens is 440 g/mol. The minimum absolute atomic E-state index is 0.0920. The molecule has 0 bridgehead atoms. The Morgan fingerprint density at radius 3 is 2.06 bits per heavy atom. The van der Waals surface area contributed by atoms with Crippen molar-refractivity contribution in [3.8, 4) is 0 Å². The van der Waals surface area contributed by atoms with Gasteiger partial charge in [-0.05, 0) is 57.4 Å². The number of likely N-dealkylation sites (N-methyl/N-ethyl adjacent to an activating group) is 1. The summed E-state index contributed by atoms with van der Waals surface area (Å²) in [7, 11) is -3.52. The third kappa shape index (κ3) is 6.55. The third-order valence-corrected chi connectivity index (χ3v) is 8.57. The van der Waals surface area contributed by atoms with E-state index in [-0.39, 0.29) is 16.7 Å². The van der Waals surface area contributed by atoms with E-state index in [0.29, 0.717) is 57.9 Å². The number of rotatable bonds is 7. The van der Waals surface area contributed by atoms with Crippen LogP contribution in [0.1, 0.15) is 56.3 Å². The second-order valence-electron chi connectivity index (χ2n) is 8.83. The quantitative estimate of drug-likeness (QED) is 0.601. The topological polar surface area (TPSA) is 81.2 Å². The zero-order chi connectivity index (χ0) is 23.8. The highest BCUT2D eigenvalue weighted by Crippen LogP contribution is 2.21. The molecule has 1 aromatic carbocycles. The van der Waals surface area contributed by atoms with Crippen LogP contribution in [0, 0.1) is 0 Å². The Balaban J connectivity index is 1.60. The van der Waals surface area contributed by atoms with Gasteiger partial charge in [0.2, 0.25) is 15.9 Å². The summed E-state index contributed by atoms with van der Waals surface area (Å²) in [6, 6.07) is 6.36. The van der Waals surface area contributed by atoms with E-state index in [1.807, 2.05) is 18.7 Å². The summed E-state index contributed by atoms with van der Waals surface area (Å²) in [5.74, 6) is 0.0339. The molecule has 2 fully saturated rings. The van der Waals surface area contributed by atoms with Gasteiger partial charge < -0.3 is 9.80 Å². The standard InChI is InChI=1S/C24H38N4O4S/c1-3-26(4-2)23(29)20-25-14-9-15-27(19-18-25)24(30)21-10-12-22(13-11-21)33(31,32)28-16-7-5-6-8-17-28/h10-13H,3-9,14-20H2,1-2H3. The summed E-state index contributed by atoms with van der Waals surface area (Å²) in [4.78, 5) is 31.5. The molecule has 0 atom stereocenters. The van der Waals surface area contributed by atoms with Gasteiger partial charge >= 0.3 is 0 Å². The fourth-order valence-electron chi connectivity index (χ4n) is 4.58. The molecule has 33 heavy (non-hydrogen) atoms. The Morgan fingerprint density at radius 1 is 0.818 bits per heavy atom. The molecule has 8 nitrogen and oxygen atoms in total. The van der Waals surface area contributed by atoms with Crippen molar-refractivity contribution in [1.82, 2.24) is 19.0 Å². The minimum Gasteiger partial charge on any atom is -0.342 e. The Kier molecular flexibility index (Phi) is 9.28. The van der Waals surface area contributed by atoms with Gasteiger partial charge in [-0.3, -0.25) is 14.5 Å². The van der Waals surface area contributed by atoms with Gasteiger partial charge in [-0.1, -0.05) is 12.8 Å². The Labute approximate surface area is 198 Å². The molecule has 2 saturated heterocycles. The molecule has 0 aliphatic carbocycles. The van der Waals surface area contributed by atoms with E-state index in [2.05, 4.69) is 4.90 Å². The molecule has 9 heteroatoms. The van der Waals surface area contributed by atoms with E-state index in [4.69, 9.17) is 0 Å². The SMILES string of the molecule is CCN(CC)C(=O)CN1CCCN(C(=O)c2ccc(S(=O)(=O)N3CCCCCC3)cc2)CC1. The largest absolute Gasteiger partial charge is 0.342 e. The van der Waals surface area contributed by atoms with E-state index in [0.717, 1.165) is 38.6 Å². The van der Waals surface area contributed by atoms with Gasteiger partial charge in [0.1, 0.15) is 0 Å². The molecule has 0 aromatic heterocycles. The lowest BCUT2D eigenvalue weighted by molar-refractivity contribution is -0.132. The van der Waals surface area contributed by atoms with Crippen molar-refractivity contribution in [1.29, 1.82) is 0 Å². The number of amides is 2. The lowest BCUT2D eigenvalue weighted by Gasteiger charge is -2.25. The third-order valence-electron chi connectivity index (χ3n) is 6.65. The smallest absolute Gasteiger partial charge is 0.253 e. The number of sulfonamides is 1. The normalized spacial score (nSPS) is 19.0. The molecule has 2 amide bonds. The monoisotopic (exact) mass is 478 g/mol. The first-order valence-corrected chi connectivity index (χ1v) is 13.7. The van der Waals surface area contributed by atoms with Crippen molar-refractivity contribution < 1.29 is 18.0 Å². The van der Waals surface area contributed by atoms with Crippen LogP contribution in [0.25, 0.3) is 0 Å². The predicted octanol–water partition coefficient (Wildman–Crippen LogP) is 2.27. The number of hydrogen-bond donors (Lipinski definition) is 0. The maximum atomic E-state index is 13.1. The van der Waals surface area contributed by atoms with Gasteiger partial charge in [0.05, 0.1) is 11.4 Å². The maximum Gasteiger partial charge on any atom is 0.253 e. The van der Waals surface area contributed by atoms with Crippen LogP contribution in [0.2, 0.25) is 0 Å². The summed E-state index contributed by atoms with van der Waals surface area (Å²) < 4.78 is 27.5. The highest BCUT2D eigenvalue weighted by molar-refractivity contribution is 7.89. The van der Waals surface area contributed by atoms with Gasteiger partial charge in [0, 0.05) is 57.9 Å². The zero-order valence-electron chi connectivity index (χ0n) is 20.0. The van der Waals surface area contributed by atoms with Crippen molar-refractivity contribution in [3.05, 3.63) is 29.8 Å². The van der Waals surface area contributed by atoms with Crippen LogP contribution < -0.4 is 0 Å². The van der Waals surface area contributed by atoms with Crippen LogP contribution >= 0.6 is 0 Å². The number of nitrogens with zero attached hydrogens (tertiary/aromatic N) is 4. The van der Waals surface area contributed by atoms with E-state index >= 15 is 0 Å². The fraction of sp³-hybridized carbons (Fsp3) is 0.667.